The molecule has 7 nitrogen and oxygen atoms in total. The Bertz CT molecular complexity index is 1360. The van der Waals surface area contributed by atoms with Crippen molar-refractivity contribution in [1.29, 1.82) is 0 Å². The lowest BCUT2D eigenvalue weighted by Crippen LogP contribution is -2.41. The molecule has 9 heteroatoms. The zero-order chi connectivity index (χ0) is 22.8. The van der Waals surface area contributed by atoms with Gasteiger partial charge in [-0.15, -0.1) is 11.3 Å². The molecule has 0 bridgehead atoms. The summed E-state index contributed by atoms with van der Waals surface area (Å²) >= 11 is 1.62. The van der Waals surface area contributed by atoms with Crippen molar-refractivity contribution in [3.05, 3.63) is 73.1 Å². The molecule has 3 heterocycles. The Morgan fingerprint density at radius 2 is 1.85 bits per heavy atom. The average molecular weight is 479 g/mol. The normalized spacial score (nSPS) is 15.5. The number of amides is 1. The van der Waals surface area contributed by atoms with Crippen molar-refractivity contribution in [2.75, 3.05) is 18.4 Å². The van der Waals surface area contributed by atoms with Crippen molar-refractivity contribution in [3.63, 3.8) is 0 Å². The minimum absolute atomic E-state index is 0.0881. The second-order valence-corrected chi connectivity index (χ2v) is 10.9. The lowest BCUT2D eigenvalue weighted by molar-refractivity contribution is -0.120. The second-order valence-electron chi connectivity index (χ2n) is 7.92. The molecule has 0 radical (unpaired) electrons. The van der Waals surface area contributed by atoms with Gasteiger partial charge in [-0.1, -0.05) is 24.3 Å². The number of carbonyl (C=O) groups excluding carboxylic acids is 1. The number of anilines is 1. The summed E-state index contributed by atoms with van der Waals surface area (Å²) in [6.07, 6.45) is 3.85. The molecule has 33 heavy (non-hydrogen) atoms. The highest BCUT2D eigenvalue weighted by atomic mass is 32.2. The summed E-state index contributed by atoms with van der Waals surface area (Å²) in [4.78, 5) is 21.7. The summed E-state index contributed by atoms with van der Waals surface area (Å²) in [6, 6.07) is 18.8. The molecule has 1 N–H and O–H groups in total. The number of hydrogen-bond acceptors (Lipinski definition) is 6. The van der Waals surface area contributed by atoms with Crippen molar-refractivity contribution >= 4 is 43.2 Å². The number of carbonyl (C=O) groups is 1. The van der Waals surface area contributed by atoms with E-state index in [1.165, 1.54) is 10.5 Å². The largest absolute Gasteiger partial charge is 0.326 e. The SMILES string of the molecule is O=C(Nc1cccc(-c2nc3ccccc3s2)c1)C1CCN(S(=O)(=O)c2cccnc2)CC1. The van der Waals surface area contributed by atoms with Crippen LogP contribution in [0.4, 0.5) is 5.69 Å². The van der Waals surface area contributed by atoms with Crippen molar-refractivity contribution in [3.8, 4) is 10.6 Å². The van der Waals surface area contributed by atoms with Gasteiger partial charge in [0.25, 0.3) is 0 Å². The second kappa shape index (κ2) is 9.01. The number of aromatic nitrogens is 2. The van der Waals surface area contributed by atoms with Crippen LogP contribution in [0.15, 0.2) is 78.0 Å². The molecular formula is C24H22N4O3S2. The first-order valence-corrected chi connectivity index (χ1v) is 12.9. The molecule has 1 amide bonds. The van der Waals surface area contributed by atoms with Gasteiger partial charge in [-0.2, -0.15) is 4.31 Å². The van der Waals surface area contributed by atoms with Gasteiger partial charge in [0, 0.05) is 42.7 Å². The zero-order valence-electron chi connectivity index (χ0n) is 17.7. The third-order valence-electron chi connectivity index (χ3n) is 5.77. The number of thiazole rings is 1. The van der Waals surface area contributed by atoms with Gasteiger partial charge in [-0.25, -0.2) is 13.4 Å². The monoisotopic (exact) mass is 478 g/mol. The fourth-order valence-corrected chi connectivity index (χ4v) is 6.37. The summed E-state index contributed by atoms with van der Waals surface area (Å²) in [5.41, 5.74) is 2.62. The molecule has 0 atom stereocenters. The van der Waals surface area contributed by atoms with Gasteiger partial charge in [-0.05, 0) is 49.2 Å². The Morgan fingerprint density at radius 1 is 1.03 bits per heavy atom. The molecule has 0 spiro atoms. The number of benzene rings is 2. The number of pyridine rings is 1. The molecule has 0 aliphatic carbocycles. The van der Waals surface area contributed by atoms with E-state index in [-0.39, 0.29) is 16.7 Å². The lowest BCUT2D eigenvalue weighted by Gasteiger charge is -2.30. The molecule has 0 saturated carbocycles. The number of nitrogens with zero attached hydrogens (tertiary/aromatic N) is 3. The van der Waals surface area contributed by atoms with E-state index in [2.05, 4.69) is 15.3 Å². The van der Waals surface area contributed by atoms with Gasteiger partial charge in [0.15, 0.2) is 0 Å². The number of sulfonamides is 1. The quantitative estimate of drug-likeness (QED) is 0.459. The van der Waals surface area contributed by atoms with Crippen LogP contribution in [0.25, 0.3) is 20.8 Å². The van der Waals surface area contributed by atoms with E-state index in [1.807, 2.05) is 48.5 Å². The van der Waals surface area contributed by atoms with E-state index in [0.717, 1.165) is 20.8 Å². The Balaban J connectivity index is 1.24. The highest BCUT2D eigenvalue weighted by molar-refractivity contribution is 7.89. The Labute approximate surface area is 196 Å². The number of piperidine rings is 1. The van der Waals surface area contributed by atoms with E-state index in [9.17, 15) is 13.2 Å². The third kappa shape index (κ3) is 4.52. The van der Waals surface area contributed by atoms with Crippen molar-refractivity contribution in [2.45, 2.75) is 17.7 Å². The molecule has 0 unspecified atom stereocenters. The molecule has 4 aromatic rings. The van der Waals surface area contributed by atoms with Crippen LogP contribution in [0.2, 0.25) is 0 Å². The standard InChI is InChI=1S/C24H22N4O3S2/c29-23(17-10-13-28(14-11-17)33(30,31)20-7-4-12-25-16-20)26-19-6-3-5-18(15-19)24-27-21-8-1-2-9-22(21)32-24/h1-9,12,15-17H,10-11,13-14H2,(H,26,29). The maximum absolute atomic E-state index is 12.9. The predicted molar refractivity (Wildman–Crippen MR) is 129 cm³/mol. The zero-order valence-corrected chi connectivity index (χ0v) is 19.3. The number of nitrogens with one attached hydrogen (secondary N) is 1. The predicted octanol–water partition coefficient (Wildman–Crippen LogP) is 4.40. The first-order valence-electron chi connectivity index (χ1n) is 10.7. The van der Waals surface area contributed by atoms with Gasteiger partial charge < -0.3 is 5.32 Å². The summed E-state index contributed by atoms with van der Waals surface area (Å²) in [7, 11) is -3.58. The molecule has 1 aliphatic heterocycles. The number of para-hydroxylation sites is 1. The molecule has 5 rings (SSSR count). The fraction of sp³-hybridized carbons (Fsp3) is 0.208. The van der Waals surface area contributed by atoms with Crippen LogP contribution in [0.1, 0.15) is 12.8 Å². The molecule has 1 saturated heterocycles. The Kier molecular flexibility index (Phi) is 5.92. The van der Waals surface area contributed by atoms with Crippen LogP contribution >= 0.6 is 11.3 Å². The van der Waals surface area contributed by atoms with Crippen LogP contribution in [0.3, 0.4) is 0 Å². The van der Waals surface area contributed by atoms with E-state index in [1.54, 1.807) is 29.7 Å². The van der Waals surface area contributed by atoms with E-state index < -0.39 is 10.0 Å². The molecule has 2 aromatic carbocycles. The highest BCUT2D eigenvalue weighted by Crippen LogP contribution is 2.31. The topological polar surface area (TPSA) is 92.3 Å². The molecule has 1 fully saturated rings. The van der Waals surface area contributed by atoms with Gasteiger partial charge in [-0.3, -0.25) is 9.78 Å². The van der Waals surface area contributed by atoms with E-state index in [4.69, 9.17) is 0 Å². The van der Waals surface area contributed by atoms with Crippen molar-refractivity contribution in [1.82, 2.24) is 14.3 Å². The summed E-state index contributed by atoms with van der Waals surface area (Å²) in [5, 5.41) is 3.90. The minimum Gasteiger partial charge on any atom is -0.326 e. The maximum Gasteiger partial charge on any atom is 0.244 e. The van der Waals surface area contributed by atoms with Crippen LogP contribution < -0.4 is 5.32 Å². The van der Waals surface area contributed by atoms with Crippen LogP contribution in [-0.4, -0.2) is 41.7 Å². The summed E-state index contributed by atoms with van der Waals surface area (Å²) in [6.45, 7) is 0.613. The van der Waals surface area contributed by atoms with Gasteiger partial charge in [0.1, 0.15) is 9.90 Å². The minimum atomic E-state index is -3.58. The summed E-state index contributed by atoms with van der Waals surface area (Å²) in [5.74, 6) is -0.327. The Hall–Kier alpha value is -3.14. The van der Waals surface area contributed by atoms with Crippen molar-refractivity contribution < 1.29 is 13.2 Å². The molecule has 1 aliphatic rings. The number of hydrogen-bond donors (Lipinski definition) is 1. The molecule has 168 valence electrons. The van der Waals surface area contributed by atoms with Gasteiger partial charge in [0.2, 0.25) is 15.9 Å². The smallest absolute Gasteiger partial charge is 0.244 e. The van der Waals surface area contributed by atoms with Crippen LogP contribution in [-0.2, 0) is 14.8 Å². The summed E-state index contributed by atoms with van der Waals surface area (Å²) < 4.78 is 28.1. The van der Waals surface area contributed by atoms with Gasteiger partial charge in [0.05, 0.1) is 10.2 Å². The third-order valence-corrected chi connectivity index (χ3v) is 8.74. The van der Waals surface area contributed by atoms with Crippen molar-refractivity contribution in [2.24, 2.45) is 5.92 Å². The lowest BCUT2D eigenvalue weighted by atomic mass is 9.97. The number of fused-ring (bicyclic) bond motifs is 1. The van der Waals surface area contributed by atoms with Crippen LogP contribution in [0, 0.1) is 5.92 Å². The first kappa shape index (κ1) is 21.7. The number of rotatable bonds is 5. The average Bonchev–Trinajstić information content (AvgIpc) is 3.29. The maximum atomic E-state index is 12.9. The first-order chi connectivity index (χ1) is 16.0. The van der Waals surface area contributed by atoms with Crippen LogP contribution in [0.5, 0.6) is 0 Å². The molecule has 2 aromatic heterocycles. The van der Waals surface area contributed by atoms with E-state index in [0.29, 0.717) is 31.6 Å². The van der Waals surface area contributed by atoms with Gasteiger partial charge >= 0.3 is 0 Å². The Morgan fingerprint density at radius 3 is 2.61 bits per heavy atom. The fourth-order valence-electron chi connectivity index (χ4n) is 3.98. The van der Waals surface area contributed by atoms with E-state index >= 15 is 0 Å². The molecular weight excluding hydrogens is 456 g/mol. The highest BCUT2D eigenvalue weighted by Gasteiger charge is 2.32.